The average molecular weight is 1140 g/mol. The zero-order valence-corrected chi connectivity index (χ0v) is 45.6. The van der Waals surface area contributed by atoms with Crippen molar-refractivity contribution in [2.75, 3.05) is 19.7 Å². The van der Waals surface area contributed by atoms with E-state index >= 15 is 0 Å². The molecule has 1 saturated carbocycles. The molecule has 0 radical (unpaired) electrons. The first-order valence-corrected chi connectivity index (χ1v) is 26.9. The lowest BCUT2D eigenvalue weighted by Crippen LogP contribution is -2.65. The molecule has 0 aromatic rings. The normalized spacial score (nSPS) is 33.1. The van der Waals surface area contributed by atoms with Crippen molar-refractivity contribution < 1.29 is 90.0 Å². The monoisotopic (exact) mass is 1140 g/mol. The molecule has 0 bridgehead atoms. The minimum atomic E-state index is -2.78. The zero-order valence-electron chi connectivity index (χ0n) is 44.6. The summed E-state index contributed by atoms with van der Waals surface area (Å²) in [5.74, 6) is -5.79. The lowest BCUT2D eigenvalue weighted by atomic mass is 9.83. The molecule has 0 amide bonds. The van der Waals surface area contributed by atoms with Gasteiger partial charge in [0, 0.05) is 71.0 Å². The van der Waals surface area contributed by atoms with Gasteiger partial charge in [0.05, 0.1) is 37.9 Å². The quantitative estimate of drug-likeness (QED) is 0.0297. The van der Waals surface area contributed by atoms with Crippen LogP contribution in [0, 0.1) is 0 Å². The molecule has 0 N–H and O–H groups in total. The highest BCUT2D eigenvalue weighted by Gasteiger charge is 2.59. The summed E-state index contributed by atoms with van der Waals surface area (Å²) in [7, 11) is -2.78. The van der Waals surface area contributed by atoms with E-state index in [1.165, 1.54) is 0 Å². The Kier molecular flexibility index (Phi) is 23.6. The van der Waals surface area contributed by atoms with Crippen molar-refractivity contribution in [3.8, 4) is 0 Å². The van der Waals surface area contributed by atoms with Gasteiger partial charge in [-0.15, -0.1) is 0 Å². The number of rotatable bonds is 23. The summed E-state index contributed by atoms with van der Waals surface area (Å²) in [6.45, 7) is 14.0. The molecule has 37 nitrogen and oxygen atoms in total. The van der Waals surface area contributed by atoms with Crippen LogP contribution in [-0.4, -0.2) is 180 Å². The predicted octanol–water partition coefficient (Wildman–Crippen LogP) is 5.67. The van der Waals surface area contributed by atoms with Gasteiger partial charge in [0.25, 0.3) is 0 Å². The van der Waals surface area contributed by atoms with Gasteiger partial charge < -0.3 is 61.3 Å². The third-order valence-corrected chi connectivity index (χ3v) is 17.4. The molecular weight excluding hydrogens is 1080 g/mol. The van der Waals surface area contributed by atoms with E-state index in [0.29, 0.717) is 0 Å². The number of carbonyl (C=O) groups is 6. The van der Waals surface area contributed by atoms with Gasteiger partial charge >= 0.3 is 35.8 Å². The van der Waals surface area contributed by atoms with Gasteiger partial charge in [-0.1, -0.05) is 51.5 Å². The van der Waals surface area contributed by atoms with E-state index in [-0.39, 0.29) is 6.61 Å². The van der Waals surface area contributed by atoms with Crippen LogP contribution in [0.15, 0.2) is 30.7 Å². The van der Waals surface area contributed by atoms with Crippen LogP contribution < -0.4 is 0 Å². The smallest absolute Gasteiger partial charge is 0.303 e. The molecule has 0 spiro atoms. The van der Waals surface area contributed by atoms with E-state index in [1.54, 1.807) is 0 Å². The zero-order chi connectivity index (χ0) is 58.9. The number of azide groups is 6. The van der Waals surface area contributed by atoms with Crippen molar-refractivity contribution in [1.29, 1.82) is 0 Å². The summed E-state index contributed by atoms with van der Waals surface area (Å²) < 4.78 is 78.9. The molecule has 3 saturated heterocycles. The van der Waals surface area contributed by atoms with Crippen LogP contribution in [0.1, 0.15) is 68.7 Å². The summed E-state index contributed by atoms with van der Waals surface area (Å²) in [5, 5.41) is 21.8. The maximum absolute atomic E-state index is 13.3. The molecule has 4 aliphatic rings. The Balaban J connectivity index is 2.01. The molecular formula is C41H60N18O19Si. The third-order valence-electron chi connectivity index (χ3n) is 12.9. The van der Waals surface area contributed by atoms with Gasteiger partial charge in [-0.2, -0.15) is 0 Å². The van der Waals surface area contributed by atoms with Gasteiger partial charge in [-0.05, 0) is 57.7 Å². The van der Waals surface area contributed by atoms with Crippen molar-refractivity contribution >= 4 is 44.1 Å². The van der Waals surface area contributed by atoms with Crippen molar-refractivity contribution in [2.24, 2.45) is 30.7 Å². The van der Waals surface area contributed by atoms with Gasteiger partial charge in [-0.25, -0.2) is 0 Å². The van der Waals surface area contributed by atoms with Crippen LogP contribution in [0.2, 0.25) is 18.1 Å². The van der Waals surface area contributed by atoms with Gasteiger partial charge in [0.1, 0.15) is 48.7 Å². The second-order valence-electron chi connectivity index (χ2n) is 19.4. The van der Waals surface area contributed by atoms with Crippen LogP contribution in [0.25, 0.3) is 62.7 Å². The van der Waals surface area contributed by atoms with E-state index < -0.39 is 185 Å². The Morgan fingerprint density at radius 2 is 0.810 bits per heavy atom. The highest BCUT2D eigenvalue weighted by molar-refractivity contribution is 6.74. The first-order chi connectivity index (χ1) is 37.2. The van der Waals surface area contributed by atoms with E-state index in [0.717, 1.165) is 41.5 Å². The molecule has 38 heteroatoms. The fourth-order valence-corrected chi connectivity index (χ4v) is 9.78. The van der Waals surface area contributed by atoms with Gasteiger partial charge in [-0.3, -0.25) is 28.8 Å². The third kappa shape index (κ3) is 17.1. The molecule has 0 aromatic carbocycles. The molecule has 3 heterocycles. The largest absolute Gasteiger partial charge is 0.459 e. The summed E-state index contributed by atoms with van der Waals surface area (Å²) in [6, 6.07) is -6.56. The van der Waals surface area contributed by atoms with Crippen LogP contribution in [0.3, 0.4) is 0 Å². The SMILES string of the molecule is CC(=O)OC1[C@H](O[C@@H]2C(OC(C)=O)[C@H](N=[N+]=[N-])CC(N=[N+]=[N-])[C@@H]2O[C@@H]2OC(CN=[N+]=[N-])[C@H](OC(C)=O)[C@H](OC(C)=O)C2N=[N+]=[N-])O[C@H](CO[Si](C)(C)C(C)(C)C)[C@@H]1O[C@H]1O[C@@H](CN=[N+]=[N-])[C@@H](OC(C)=O)C(OC(C)=O)C1N=[N+]=[N-]. The Labute approximate surface area is 449 Å². The van der Waals surface area contributed by atoms with Crippen LogP contribution >= 0.6 is 0 Å². The second kappa shape index (κ2) is 29.0. The minimum Gasteiger partial charge on any atom is -0.459 e. The van der Waals surface area contributed by atoms with Crippen LogP contribution in [0.5, 0.6) is 0 Å². The summed E-state index contributed by atoms with van der Waals surface area (Å²) in [6.07, 6.45) is -26.3. The fourth-order valence-electron chi connectivity index (χ4n) is 8.77. The number of carbonyl (C=O) groups excluding carboxylic acids is 6. The lowest BCUT2D eigenvalue weighted by molar-refractivity contribution is -0.309. The molecule has 79 heavy (non-hydrogen) atoms. The molecule has 19 atom stereocenters. The van der Waals surface area contributed by atoms with Crippen LogP contribution in [0.4, 0.5) is 0 Å². The molecule has 0 aromatic heterocycles. The van der Waals surface area contributed by atoms with E-state index in [1.807, 2.05) is 33.9 Å². The van der Waals surface area contributed by atoms with Crippen molar-refractivity contribution in [3.63, 3.8) is 0 Å². The van der Waals surface area contributed by atoms with E-state index in [4.69, 9.17) is 61.3 Å². The summed E-state index contributed by atoms with van der Waals surface area (Å²) in [4.78, 5) is 93.4. The maximum atomic E-state index is 13.3. The molecule has 3 aliphatic heterocycles. The number of esters is 6. The highest BCUT2D eigenvalue weighted by atomic mass is 28.4. The fraction of sp³-hybridized carbons (Fsp3) is 0.854. The average Bonchev–Trinajstić information content (AvgIpc) is 3.78. The number of hydrogen-bond acceptors (Lipinski definition) is 25. The summed E-state index contributed by atoms with van der Waals surface area (Å²) in [5.41, 5.74) is 58.1. The number of ether oxygens (including phenoxy) is 12. The topological polar surface area (TPSA) is 515 Å². The lowest BCUT2D eigenvalue weighted by Gasteiger charge is -2.48. The highest BCUT2D eigenvalue weighted by Crippen LogP contribution is 2.42. The Morgan fingerprint density at radius 1 is 0.456 bits per heavy atom. The van der Waals surface area contributed by atoms with E-state index in [2.05, 4.69) is 60.2 Å². The molecule has 7 unspecified atom stereocenters. The summed E-state index contributed by atoms with van der Waals surface area (Å²) >= 11 is 0. The van der Waals surface area contributed by atoms with Crippen molar-refractivity contribution in [3.05, 3.63) is 62.7 Å². The number of nitrogens with zero attached hydrogens (tertiary/aromatic N) is 18. The van der Waals surface area contributed by atoms with Crippen LogP contribution in [-0.2, 0) is 90.0 Å². The van der Waals surface area contributed by atoms with Crippen molar-refractivity contribution in [2.45, 2.75) is 203 Å². The molecule has 4 fully saturated rings. The number of hydrogen-bond donors (Lipinski definition) is 0. The van der Waals surface area contributed by atoms with Crippen molar-refractivity contribution in [1.82, 2.24) is 0 Å². The maximum Gasteiger partial charge on any atom is 0.303 e. The first-order valence-electron chi connectivity index (χ1n) is 24.0. The van der Waals surface area contributed by atoms with E-state index in [9.17, 15) is 62.0 Å². The molecule has 432 valence electrons. The minimum absolute atomic E-state index is 0.388. The Morgan fingerprint density at radius 3 is 1.20 bits per heavy atom. The van der Waals surface area contributed by atoms with Gasteiger partial charge in [0.2, 0.25) is 0 Å². The molecule has 1 aliphatic carbocycles. The Bertz CT molecular complexity index is 2540. The molecule has 4 rings (SSSR count). The predicted molar refractivity (Wildman–Crippen MR) is 261 cm³/mol. The first kappa shape index (κ1) is 64.1. The second-order valence-corrected chi connectivity index (χ2v) is 24.3. The van der Waals surface area contributed by atoms with Gasteiger partial charge in [0.15, 0.2) is 57.7 Å². The standard InChI is InChI=1S/C41H60N18O19Si/c1-16(60)67-29-22(50-56-44)12-23(51-57-45)30(76-38-27(52-58-46)34(70-19(4)63)31(68-17(2)61)24(73-38)13-48-54-42)36(29)78-40-37(72-21(6)65)33(26(75-40)15-66-79(10,11)41(7,8)9)77-39-28(53-59-47)35(71-20(5)64)32(69-18(3)62)25(74-39)14-49-55-43/h22-40H,12-15H2,1-11H3/t22-,23?,24?,25+,26-,27?,28?,29?,30+,31+,32-,33+,34-,35?,36-,37?,38+,39-,40+/m1/s1. The Hall–Kier alpha value is -7.38.